The second-order valence-electron chi connectivity index (χ2n) is 6.02. The van der Waals surface area contributed by atoms with Crippen LogP contribution in [0, 0.1) is 12.7 Å². The number of hydrogen-bond donors (Lipinski definition) is 3. The van der Waals surface area contributed by atoms with Crippen molar-refractivity contribution in [1.82, 2.24) is 15.4 Å². The zero-order valence-corrected chi connectivity index (χ0v) is 16.3. The summed E-state index contributed by atoms with van der Waals surface area (Å²) in [6.07, 6.45) is 0.651. The molecule has 6 nitrogen and oxygen atoms in total. The van der Waals surface area contributed by atoms with E-state index in [1.807, 2.05) is 13.0 Å². The van der Waals surface area contributed by atoms with E-state index in [0.29, 0.717) is 25.5 Å². The molecule has 0 saturated carbocycles. The van der Waals surface area contributed by atoms with Crippen LogP contribution in [0.3, 0.4) is 0 Å². The van der Waals surface area contributed by atoms with Crippen LogP contribution in [0.1, 0.15) is 11.1 Å². The molecule has 0 amide bonds. The van der Waals surface area contributed by atoms with Crippen molar-refractivity contribution in [3.8, 4) is 0 Å². The largest absolute Gasteiger partial charge is 0.356 e. The number of nitrogens with zero attached hydrogens (tertiary/aromatic N) is 1. The van der Waals surface area contributed by atoms with Gasteiger partial charge in [0, 0.05) is 26.7 Å². The minimum Gasteiger partial charge on any atom is -0.356 e. The van der Waals surface area contributed by atoms with Crippen molar-refractivity contribution >= 4 is 16.0 Å². The third-order valence-electron chi connectivity index (χ3n) is 3.86. The van der Waals surface area contributed by atoms with Crippen molar-refractivity contribution in [1.29, 1.82) is 0 Å². The highest BCUT2D eigenvalue weighted by molar-refractivity contribution is 7.89. The molecule has 3 N–H and O–H groups in total. The maximum Gasteiger partial charge on any atom is 0.240 e. The number of aryl methyl sites for hydroxylation is 1. The van der Waals surface area contributed by atoms with Crippen LogP contribution in [0.5, 0.6) is 0 Å². The molecule has 2 rings (SSSR count). The topological polar surface area (TPSA) is 82.6 Å². The van der Waals surface area contributed by atoms with Gasteiger partial charge in [-0.3, -0.25) is 4.99 Å². The molecular weight excluding hydrogens is 367 g/mol. The molecule has 0 spiro atoms. The van der Waals surface area contributed by atoms with Crippen LogP contribution in [-0.2, 0) is 16.4 Å². The van der Waals surface area contributed by atoms with Crippen molar-refractivity contribution in [2.75, 3.05) is 26.7 Å². The summed E-state index contributed by atoms with van der Waals surface area (Å²) in [6, 6.07) is 13.1. The second kappa shape index (κ2) is 10.0. The first kappa shape index (κ1) is 20.9. The summed E-state index contributed by atoms with van der Waals surface area (Å²) >= 11 is 0. The summed E-state index contributed by atoms with van der Waals surface area (Å²) in [4.78, 5) is 4.32. The molecule has 0 fully saturated rings. The number of hydrogen-bond acceptors (Lipinski definition) is 3. The third kappa shape index (κ3) is 6.99. The average molecular weight is 393 g/mol. The Balaban J connectivity index is 1.72. The molecule has 0 heterocycles. The summed E-state index contributed by atoms with van der Waals surface area (Å²) < 4.78 is 40.1. The molecule has 0 aliphatic rings. The van der Waals surface area contributed by atoms with Crippen LogP contribution in [-0.4, -0.2) is 41.1 Å². The van der Waals surface area contributed by atoms with E-state index >= 15 is 0 Å². The normalized spacial score (nSPS) is 12.0. The average Bonchev–Trinajstić information content (AvgIpc) is 2.64. The fourth-order valence-electron chi connectivity index (χ4n) is 2.41. The van der Waals surface area contributed by atoms with Crippen LogP contribution in [0.15, 0.2) is 58.4 Å². The van der Waals surface area contributed by atoms with E-state index in [1.165, 1.54) is 12.1 Å². The zero-order valence-electron chi connectivity index (χ0n) is 15.5. The first-order valence-corrected chi connectivity index (χ1v) is 10.1. The highest BCUT2D eigenvalue weighted by atomic mass is 32.2. The van der Waals surface area contributed by atoms with Crippen molar-refractivity contribution in [3.63, 3.8) is 0 Å². The lowest BCUT2D eigenvalue weighted by molar-refractivity contribution is 0.580. The van der Waals surface area contributed by atoms with Gasteiger partial charge in [-0.15, -0.1) is 0 Å². The van der Waals surface area contributed by atoms with Crippen LogP contribution in [0.2, 0.25) is 0 Å². The fourth-order valence-corrected chi connectivity index (χ4v) is 3.44. The summed E-state index contributed by atoms with van der Waals surface area (Å²) in [7, 11) is -1.89. The van der Waals surface area contributed by atoms with Gasteiger partial charge in [0.15, 0.2) is 5.96 Å². The Labute approximate surface area is 160 Å². The Hall–Kier alpha value is -2.45. The van der Waals surface area contributed by atoms with Gasteiger partial charge in [0.2, 0.25) is 10.0 Å². The van der Waals surface area contributed by atoms with Crippen molar-refractivity contribution < 1.29 is 12.8 Å². The minimum absolute atomic E-state index is 0.223. The molecule has 0 radical (unpaired) electrons. The van der Waals surface area contributed by atoms with Gasteiger partial charge < -0.3 is 10.6 Å². The number of nitrogens with one attached hydrogen (secondary N) is 3. The Morgan fingerprint density at radius 3 is 2.41 bits per heavy atom. The van der Waals surface area contributed by atoms with E-state index in [2.05, 4.69) is 20.3 Å². The van der Waals surface area contributed by atoms with Gasteiger partial charge >= 0.3 is 0 Å². The molecule has 2 aromatic rings. The predicted octanol–water partition coefficient (Wildman–Crippen LogP) is 1.82. The second-order valence-corrected chi connectivity index (χ2v) is 7.78. The fraction of sp³-hybridized carbons (Fsp3) is 0.316. The Bertz CT molecular complexity index is 868. The molecule has 146 valence electrons. The molecule has 8 heteroatoms. The standard InChI is InChI=1S/C19H25FN4O2S/c1-15-6-8-18(9-7-15)27(25,26)24-13-12-23-19(21-2)22-11-10-16-4-3-5-17(20)14-16/h3-9,14,24H,10-13H2,1-2H3,(H2,21,22,23). The third-order valence-corrected chi connectivity index (χ3v) is 5.34. The molecule has 0 bridgehead atoms. The van der Waals surface area contributed by atoms with E-state index in [-0.39, 0.29) is 17.3 Å². The SMILES string of the molecule is CN=C(NCCNS(=O)(=O)c1ccc(C)cc1)NCCc1cccc(F)c1. The lowest BCUT2D eigenvalue weighted by atomic mass is 10.1. The predicted molar refractivity (Wildman–Crippen MR) is 106 cm³/mol. The Kier molecular flexibility index (Phi) is 7.75. The number of rotatable bonds is 8. The monoisotopic (exact) mass is 392 g/mol. The van der Waals surface area contributed by atoms with Crippen LogP contribution >= 0.6 is 0 Å². The van der Waals surface area contributed by atoms with Crippen molar-refractivity contribution in [2.45, 2.75) is 18.2 Å². The Morgan fingerprint density at radius 1 is 1.04 bits per heavy atom. The zero-order chi connectivity index (χ0) is 19.7. The summed E-state index contributed by atoms with van der Waals surface area (Å²) in [5, 5.41) is 6.15. The summed E-state index contributed by atoms with van der Waals surface area (Å²) in [5.41, 5.74) is 1.90. The van der Waals surface area contributed by atoms with Gasteiger partial charge in [-0.2, -0.15) is 0 Å². The molecule has 0 saturated heterocycles. The smallest absolute Gasteiger partial charge is 0.240 e. The molecule has 0 unspecified atom stereocenters. The van der Waals surface area contributed by atoms with E-state index in [0.717, 1.165) is 11.1 Å². The van der Waals surface area contributed by atoms with Gasteiger partial charge in [0.25, 0.3) is 0 Å². The quantitative estimate of drug-likeness (QED) is 0.364. The van der Waals surface area contributed by atoms with Crippen molar-refractivity contribution in [2.24, 2.45) is 4.99 Å². The molecular formula is C19H25FN4O2S. The summed E-state index contributed by atoms with van der Waals surface area (Å²) in [5.74, 6) is 0.303. The van der Waals surface area contributed by atoms with Crippen LogP contribution in [0.4, 0.5) is 4.39 Å². The van der Waals surface area contributed by atoms with Crippen molar-refractivity contribution in [3.05, 3.63) is 65.5 Å². The molecule has 0 atom stereocenters. The van der Waals surface area contributed by atoms with E-state index in [1.54, 1.807) is 37.4 Å². The molecule has 0 aliphatic heterocycles. The van der Waals surface area contributed by atoms with E-state index in [4.69, 9.17) is 0 Å². The van der Waals surface area contributed by atoms with E-state index < -0.39 is 10.0 Å². The lowest BCUT2D eigenvalue weighted by Crippen LogP contribution is -2.42. The Morgan fingerprint density at radius 2 is 1.74 bits per heavy atom. The number of guanidine groups is 1. The van der Waals surface area contributed by atoms with Gasteiger partial charge in [-0.25, -0.2) is 17.5 Å². The summed E-state index contributed by atoms with van der Waals surface area (Å²) in [6.45, 7) is 3.09. The molecule has 0 aromatic heterocycles. The number of sulfonamides is 1. The number of benzene rings is 2. The minimum atomic E-state index is -3.52. The highest BCUT2D eigenvalue weighted by Gasteiger charge is 2.12. The maximum atomic E-state index is 13.2. The van der Waals surface area contributed by atoms with E-state index in [9.17, 15) is 12.8 Å². The highest BCUT2D eigenvalue weighted by Crippen LogP contribution is 2.09. The van der Waals surface area contributed by atoms with Gasteiger partial charge in [-0.1, -0.05) is 29.8 Å². The maximum absolute atomic E-state index is 13.2. The first-order valence-electron chi connectivity index (χ1n) is 8.66. The molecule has 2 aromatic carbocycles. The number of aliphatic imine (C=N–C) groups is 1. The first-order chi connectivity index (χ1) is 12.9. The number of halogens is 1. The molecule has 0 aliphatic carbocycles. The van der Waals surface area contributed by atoms with Crippen LogP contribution in [0.25, 0.3) is 0 Å². The van der Waals surface area contributed by atoms with Gasteiger partial charge in [-0.05, 0) is 43.2 Å². The lowest BCUT2D eigenvalue weighted by Gasteiger charge is -2.12. The van der Waals surface area contributed by atoms with Gasteiger partial charge in [0.1, 0.15) is 5.82 Å². The van der Waals surface area contributed by atoms with Gasteiger partial charge in [0.05, 0.1) is 4.90 Å². The van der Waals surface area contributed by atoms with Crippen LogP contribution < -0.4 is 15.4 Å². The molecule has 27 heavy (non-hydrogen) atoms.